The SMILES string of the molecule is CC1(c2ccc(Cl)cn2)Oc2cccc(C3CCNCC3)c2O1.Cc1ccc(S(=O)(=O)O)cc1. The molecule has 1 fully saturated rings. The monoisotopic (exact) mass is 502 g/mol. The number of aryl methyl sites for hydroxylation is 1. The summed E-state index contributed by atoms with van der Waals surface area (Å²) in [7, 11) is -4.02. The summed E-state index contributed by atoms with van der Waals surface area (Å²) in [5.74, 6) is 1.25. The molecule has 9 heteroatoms. The predicted octanol–water partition coefficient (Wildman–Crippen LogP) is 5.09. The van der Waals surface area contributed by atoms with Crippen LogP contribution in [0.25, 0.3) is 0 Å². The molecule has 0 aliphatic carbocycles. The molecule has 0 saturated carbocycles. The van der Waals surface area contributed by atoms with Gasteiger partial charge < -0.3 is 14.8 Å². The van der Waals surface area contributed by atoms with E-state index in [4.69, 9.17) is 25.6 Å². The Balaban J connectivity index is 0.000000210. The number of hydrogen-bond acceptors (Lipinski definition) is 6. The number of ether oxygens (including phenoxy) is 2. The van der Waals surface area contributed by atoms with Crippen molar-refractivity contribution in [3.63, 3.8) is 0 Å². The first-order chi connectivity index (χ1) is 16.2. The molecule has 5 rings (SSSR count). The maximum Gasteiger partial charge on any atom is 0.294 e. The second-order valence-electron chi connectivity index (χ2n) is 8.50. The van der Waals surface area contributed by atoms with Crippen LogP contribution in [0.2, 0.25) is 5.02 Å². The lowest BCUT2D eigenvalue weighted by Crippen LogP contribution is -2.32. The smallest absolute Gasteiger partial charge is 0.294 e. The van der Waals surface area contributed by atoms with E-state index in [1.807, 2.05) is 32.0 Å². The first-order valence-electron chi connectivity index (χ1n) is 11.0. The Morgan fingerprint density at radius 1 is 1.06 bits per heavy atom. The molecule has 2 N–H and O–H groups in total. The minimum atomic E-state index is -4.02. The van der Waals surface area contributed by atoms with Gasteiger partial charge in [0.05, 0.1) is 9.92 Å². The highest BCUT2D eigenvalue weighted by molar-refractivity contribution is 7.85. The lowest BCUT2D eigenvalue weighted by molar-refractivity contribution is -0.0722. The topological polar surface area (TPSA) is 97.8 Å². The maximum atomic E-state index is 10.5. The van der Waals surface area contributed by atoms with Gasteiger partial charge in [-0.1, -0.05) is 41.4 Å². The number of pyridine rings is 1. The Kier molecular flexibility index (Phi) is 7.14. The Bertz CT molecular complexity index is 1240. The highest BCUT2D eigenvalue weighted by Gasteiger charge is 2.42. The van der Waals surface area contributed by atoms with Gasteiger partial charge in [0.15, 0.2) is 11.5 Å². The number of nitrogens with one attached hydrogen (secondary N) is 1. The van der Waals surface area contributed by atoms with Gasteiger partial charge in [0.25, 0.3) is 15.9 Å². The molecule has 0 amide bonds. The van der Waals surface area contributed by atoms with Crippen molar-refractivity contribution < 1.29 is 22.4 Å². The Morgan fingerprint density at radius 2 is 1.76 bits per heavy atom. The summed E-state index contributed by atoms with van der Waals surface area (Å²) < 4.78 is 41.9. The van der Waals surface area contributed by atoms with Crippen LogP contribution in [-0.4, -0.2) is 31.0 Å². The average molecular weight is 503 g/mol. The number of fused-ring (bicyclic) bond motifs is 1. The molecule has 0 radical (unpaired) electrons. The number of hydrogen-bond donors (Lipinski definition) is 2. The zero-order valence-corrected chi connectivity index (χ0v) is 20.6. The van der Waals surface area contributed by atoms with Crippen molar-refractivity contribution in [1.29, 1.82) is 0 Å². The zero-order chi connectivity index (χ0) is 24.3. The molecule has 1 unspecified atom stereocenters. The van der Waals surface area contributed by atoms with Crippen LogP contribution < -0.4 is 14.8 Å². The second-order valence-corrected chi connectivity index (χ2v) is 10.4. The van der Waals surface area contributed by atoms with Crippen molar-refractivity contribution in [3.8, 4) is 11.5 Å². The molecule has 3 aromatic rings. The second kappa shape index (κ2) is 9.92. The van der Waals surface area contributed by atoms with Gasteiger partial charge in [-0.25, -0.2) is 0 Å². The number of nitrogens with zero attached hydrogens (tertiary/aromatic N) is 1. The molecule has 2 aliphatic heterocycles. The highest BCUT2D eigenvalue weighted by atomic mass is 35.5. The van der Waals surface area contributed by atoms with E-state index in [0.717, 1.165) is 48.7 Å². The van der Waals surface area contributed by atoms with Gasteiger partial charge in [0, 0.05) is 18.7 Å². The quantitative estimate of drug-likeness (QED) is 0.481. The third-order valence-electron chi connectivity index (χ3n) is 5.90. The number of benzene rings is 2. The number of para-hydroxylation sites is 1. The maximum absolute atomic E-state index is 10.5. The summed E-state index contributed by atoms with van der Waals surface area (Å²) in [6.45, 7) is 5.83. The molecule has 1 atom stereocenters. The van der Waals surface area contributed by atoms with Crippen LogP contribution in [0, 0.1) is 6.92 Å². The molecule has 0 spiro atoms. The van der Waals surface area contributed by atoms with Crippen molar-refractivity contribution in [3.05, 3.63) is 82.6 Å². The van der Waals surface area contributed by atoms with Gasteiger partial charge in [0.1, 0.15) is 5.69 Å². The Hall–Kier alpha value is -2.65. The fraction of sp³-hybridized carbons (Fsp3) is 0.320. The van der Waals surface area contributed by atoms with E-state index in [-0.39, 0.29) is 4.90 Å². The van der Waals surface area contributed by atoms with E-state index in [1.165, 1.54) is 17.7 Å². The van der Waals surface area contributed by atoms with Crippen LogP contribution in [-0.2, 0) is 15.9 Å². The summed E-state index contributed by atoms with van der Waals surface area (Å²) in [5, 5.41) is 4.01. The van der Waals surface area contributed by atoms with Gasteiger partial charge in [-0.2, -0.15) is 8.42 Å². The third kappa shape index (κ3) is 5.52. The number of aromatic nitrogens is 1. The van der Waals surface area contributed by atoms with Gasteiger partial charge in [0.2, 0.25) is 0 Å². The molecule has 2 aliphatic rings. The van der Waals surface area contributed by atoms with E-state index in [9.17, 15) is 8.42 Å². The van der Waals surface area contributed by atoms with Gasteiger partial charge in [-0.3, -0.25) is 9.54 Å². The first kappa shape index (κ1) is 24.5. The number of halogens is 1. The molecule has 1 saturated heterocycles. The molecule has 180 valence electrons. The van der Waals surface area contributed by atoms with E-state index >= 15 is 0 Å². The van der Waals surface area contributed by atoms with E-state index in [2.05, 4.69) is 16.4 Å². The van der Waals surface area contributed by atoms with Crippen molar-refractivity contribution in [1.82, 2.24) is 10.3 Å². The molecule has 0 bridgehead atoms. The van der Waals surface area contributed by atoms with Crippen LogP contribution >= 0.6 is 11.6 Å². The normalized spacial score (nSPS) is 19.9. The van der Waals surface area contributed by atoms with Gasteiger partial charge in [-0.15, -0.1) is 0 Å². The van der Waals surface area contributed by atoms with Gasteiger partial charge in [-0.05, 0) is 69.1 Å². The number of rotatable bonds is 3. The van der Waals surface area contributed by atoms with Crippen LogP contribution in [0.5, 0.6) is 11.5 Å². The summed E-state index contributed by atoms with van der Waals surface area (Å²) in [6.07, 6.45) is 3.86. The van der Waals surface area contributed by atoms with E-state index in [1.54, 1.807) is 24.4 Å². The fourth-order valence-electron chi connectivity index (χ4n) is 4.06. The fourth-order valence-corrected chi connectivity index (χ4v) is 4.65. The largest absolute Gasteiger partial charge is 0.443 e. The lowest BCUT2D eigenvalue weighted by Gasteiger charge is -2.25. The summed E-state index contributed by atoms with van der Waals surface area (Å²) >= 11 is 5.93. The molecule has 1 aromatic heterocycles. The van der Waals surface area contributed by atoms with Crippen molar-refractivity contribution in [2.24, 2.45) is 0 Å². The number of piperidine rings is 1. The molecule has 34 heavy (non-hydrogen) atoms. The average Bonchev–Trinajstić information content (AvgIpc) is 3.17. The van der Waals surface area contributed by atoms with Crippen molar-refractivity contribution >= 4 is 21.7 Å². The van der Waals surface area contributed by atoms with Crippen molar-refractivity contribution in [2.45, 2.75) is 43.3 Å². The van der Waals surface area contributed by atoms with Crippen LogP contribution in [0.15, 0.2) is 65.7 Å². The highest BCUT2D eigenvalue weighted by Crippen LogP contribution is 2.48. The Morgan fingerprint density at radius 3 is 2.38 bits per heavy atom. The van der Waals surface area contributed by atoms with E-state index < -0.39 is 15.9 Å². The van der Waals surface area contributed by atoms with E-state index in [0.29, 0.717) is 10.9 Å². The van der Waals surface area contributed by atoms with Crippen LogP contribution in [0.1, 0.15) is 42.5 Å². The standard InChI is InChI=1S/C18H19ClN2O2.C7H8O3S/c1-18(16-6-5-13(19)11-21-16)22-15-4-2-3-14(17(15)23-18)12-7-9-20-10-8-12;1-6-2-4-7(5-3-6)11(8,9)10/h2-6,11-12,20H,7-10H2,1H3;2-5H,1H3,(H,8,9,10). The van der Waals surface area contributed by atoms with Crippen LogP contribution in [0.3, 0.4) is 0 Å². The first-order valence-corrected chi connectivity index (χ1v) is 12.9. The zero-order valence-electron chi connectivity index (χ0n) is 19.0. The third-order valence-corrected chi connectivity index (χ3v) is 6.99. The van der Waals surface area contributed by atoms with Crippen LogP contribution in [0.4, 0.5) is 0 Å². The molecule has 7 nitrogen and oxygen atoms in total. The molecule has 3 heterocycles. The Labute approximate surface area is 204 Å². The molecule has 2 aromatic carbocycles. The van der Waals surface area contributed by atoms with Gasteiger partial charge >= 0.3 is 0 Å². The predicted molar refractivity (Wildman–Crippen MR) is 130 cm³/mol. The van der Waals surface area contributed by atoms with Crippen molar-refractivity contribution in [2.75, 3.05) is 13.1 Å². The summed E-state index contributed by atoms with van der Waals surface area (Å²) in [5.41, 5.74) is 2.91. The molecular formula is C25H27ClN2O5S. The lowest BCUT2D eigenvalue weighted by atomic mass is 9.89. The summed E-state index contributed by atoms with van der Waals surface area (Å²) in [4.78, 5) is 4.30. The minimum absolute atomic E-state index is 0.0666. The summed E-state index contributed by atoms with van der Waals surface area (Å²) in [6, 6.07) is 15.8. The molecular weight excluding hydrogens is 476 g/mol. The minimum Gasteiger partial charge on any atom is -0.443 e.